The molecule has 28 heavy (non-hydrogen) atoms. The summed E-state index contributed by atoms with van der Waals surface area (Å²) in [7, 11) is 0. The molecule has 2 nitrogen and oxygen atoms in total. The molecule has 4 rings (SSSR count). The van der Waals surface area contributed by atoms with Crippen molar-refractivity contribution < 1.29 is 9.90 Å². The molecule has 0 spiro atoms. The molecule has 0 saturated heterocycles. The second kappa shape index (κ2) is 7.41. The Morgan fingerprint density at radius 2 is 1.14 bits per heavy atom. The molecule has 2 heteroatoms. The number of carbonyl (C=O) groups excluding carboxylic acids is 1. The Balaban J connectivity index is 2.06. The van der Waals surface area contributed by atoms with Crippen molar-refractivity contribution in [3.05, 3.63) is 132 Å². The lowest BCUT2D eigenvalue weighted by atomic mass is 9.62. The summed E-state index contributed by atoms with van der Waals surface area (Å²) in [5, 5.41) is 11.4. The molecule has 0 radical (unpaired) electrons. The van der Waals surface area contributed by atoms with Gasteiger partial charge >= 0.3 is 0 Å². The van der Waals surface area contributed by atoms with Gasteiger partial charge in [0.15, 0.2) is 5.78 Å². The van der Waals surface area contributed by atoms with Crippen LogP contribution in [0.2, 0.25) is 0 Å². The Morgan fingerprint density at radius 1 is 0.714 bits per heavy atom. The summed E-state index contributed by atoms with van der Waals surface area (Å²) in [6, 6.07) is 29.2. The Morgan fingerprint density at radius 3 is 1.50 bits per heavy atom. The SMILES string of the molecule is O=C(C(c1ccccc1)(c1ccccc1)c1ccccc1)[C@@]1(O)C=CC=CC1. The minimum atomic E-state index is -1.57. The van der Waals surface area contributed by atoms with Gasteiger partial charge in [-0.25, -0.2) is 0 Å². The van der Waals surface area contributed by atoms with Crippen molar-refractivity contribution in [1.82, 2.24) is 0 Å². The number of hydrogen-bond donors (Lipinski definition) is 1. The molecular formula is C26H22O2. The van der Waals surface area contributed by atoms with Crippen LogP contribution in [0.25, 0.3) is 0 Å². The molecule has 138 valence electrons. The Labute approximate surface area is 165 Å². The first-order valence-corrected chi connectivity index (χ1v) is 9.46. The molecule has 3 aromatic rings. The highest BCUT2D eigenvalue weighted by atomic mass is 16.3. The smallest absolute Gasteiger partial charge is 0.187 e. The topological polar surface area (TPSA) is 37.3 Å². The van der Waals surface area contributed by atoms with Crippen LogP contribution in [0.15, 0.2) is 115 Å². The molecule has 0 aliphatic heterocycles. The molecule has 0 unspecified atom stereocenters. The Hall–Kier alpha value is -3.23. The molecule has 1 aliphatic rings. The molecule has 0 heterocycles. The van der Waals surface area contributed by atoms with E-state index in [0.29, 0.717) is 0 Å². The number of benzene rings is 3. The number of aliphatic hydroxyl groups is 1. The van der Waals surface area contributed by atoms with Crippen LogP contribution in [-0.2, 0) is 10.2 Å². The van der Waals surface area contributed by atoms with Gasteiger partial charge in [0.25, 0.3) is 0 Å². The zero-order valence-corrected chi connectivity index (χ0v) is 15.5. The van der Waals surface area contributed by atoms with Crippen LogP contribution in [0.5, 0.6) is 0 Å². The third-order valence-electron chi connectivity index (χ3n) is 5.40. The molecular weight excluding hydrogens is 344 g/mol. The lowest BCUT2D eigenvalue weighted by molar-refractivity contribution is -0.136. The van der Waals surface area contributed by atoms with E-state index >= 15 is 0 Å². The highest BCUT2D eigenvalue weighted by molar-refractivity contribution is 6.04. The number of ketones is 1. The Kier molecular flexibility index (Phi) is 4.81. The Bertz CT molecular complexity index is 907. The fourth-order valence-corrected chi connectivity index (χ4v) is 4.06. The van der Waals surface area contributed by atoms with E-state index in [0.717, 1.165) is 16.7 Å². The highest BCUT2D eigenvalue weighted by Crippen LogP contribution is 2.44. The average molecular weight is 366 g/mol. The third-order valence-corrected chi connectivity index (χ3v) is 5.40. The quantitative estimate of drug-likeness (QED) is 0.656. The van der Waals surface area contributed by atoms with E-state index in [1.165, 1.54) is 0 Å². The number of Topliss-reactive ketones (excluding diaryl/α,β-unsaturated/α-hetero) is 1. The minimum absolute atomic E-state index is 0.246. The first-order chi connectivity index (χ1) is 13.7. The van der Waals surface area contributed by atoms with E-state index in [-0.39, 0.29) is 12.2 Å². The van der Waals surface area contributed by atoms with Crippen LogP contribution in [0.4, 0.5) is 0 Å². The maximum atomic E-state index is 14.2. The van der Waals surface area contributed by atoms with E-state index in [4.69, 9.17) is 0 Å². The van der Waals surface area contributed by atoms with E-state index in [1.54, 1.807) is 12.2 Å². The van der Waals surface area contributed by atoms with E-state index < -0.39 is 11.0 Å². The fraction of sp³-hybridized carbons (Fsp3) is 0.115. The molecule has 3 aromatic carbocycles. The summed E-state index contributed by atoms with van der Waals surface area (Å²) >= 11 is 0. The van der Waals surface area contributed by atoms with Gasteiger partial charge in [0.1, 0.15) is 11.0 Å². The van der Waals surface area contributed by atoms with Crippen molar-refractivity contribution in [2.24, 2.45) is 0 Å². The molecule has 0 fully saturated rings. The van der Waals surface area contributed by atoms with Crippen LogP contribution in [-0.4, -0.2) is 16.5 Å². The summed E-state index contributed by atoms with van der Waals surface area (Å²) in [5.41, 5.74) is -0.166. The fourth-order valence-electron chi connectivity index (χ4n) is 4.06. The maximum absolute atomic E-state index is 14.2. The standard InChI is InChI=1S/C26H22O2/c27-24(25(28)19-11-4-12-20-25)26(21-13-5-1-6-14-21,22-15-7-2-8-16-22)23-17-9-3-10-18-23/h1-19,28H,20H2/t25-/m1/s1. The number of hydrogen-bond acceptors (Lipinski definition) is 2. The average Bonchev–Trinajstić information content (AvgIpc) is 2.77. The molecule has 0 amide bonds. The lowest BCUT2D eigenvalue weighted by Gasteiger charge is -2.40. The van der Waals surface area contributed by atoms with Gasteiger partial charge < -0.3 is 5.11 Å². The predicted octanol–water partition coefficient (Wildman–Crippen LogP) is 4.84. The third kappa shape index (κ3) is 2.92. The van der Waals surface area contributed by atoms with Gasteiger partial charge in [0.2, 0.25) is 0 Å². The molecule has 0 saturated carbocycles. The molecule has 1 aliphatic carbocycles. The van der Waals surface area contributed by atoms with Gasteiger partial charge in [-0.1, -0.05) is 109 Å². The van der Waals surface area contributed by atoms with Gasteiger partial charge in [-0.05, 0) is 22.8 Å². The zero-order chi connectivity index (χ0) is 19.5. The van der Waals surface area contributed by atoms with E-state index in [1.807, 2.05) is 103 Å². The first-order valence-electron chi connectivity index (χ1n) is 9.46. The van der Waals surface area contributed by atoms with Crippen molar-refractivity contribution >= 4 is 5.78 Å². The summed E-state index contributed by atoms with van der Waals surface area (Å²) in [6.07, 6.45) is 7.31. The van der Waals surface area contributed by atoms with Gasteiger partial charge in [-0.15, -0.1) is 0 Å². The predicted molar refractivity (Wildman–Crippen MR) is 112 cm³/mol. The maximum Gasteiger partial charge on any atom is 0.187 e. The van der Waals surface area contributed by atoms with Crippen LogP contribution >= 0.6 is 0 Å². The molecule has 1 atom stereocenters. The monoisotopic (exact) mass is 366 g/mol. The van der Waals surface area contributed by atoms with Crippen LogP contribution in [0.3, 0.4) is 0 Å². The summed E-state index contributed by atoms with van der Waals surface area (Å²) in [5.74, 6) is -0.246. The zero-order valence-electron chi connectivity index (χ0n) is 15.5. The normalized spacial score (nSPS) is 18.8. The largest absolute Gasteiger partial charge is 0.378 e. The summed E-state index contributed by atoms with van der Waals surface area (Å²) in [4.78, 5) is 14.2. The van der Waals surface area contributed by atoms with Gasteiger partial charge in [0, 0.05) is 6.42 Å². The molecule has 0 aromatic heterocycles. The van der Waals surface area contributed by atoms with Gasteiger partial charge in [0.05, 0.1) is 0 Å². The number of carbonyl (C=O) groups is 1. The van der Waals surface area contributed by atoms with Gasteiger partial charge in [-0.2, -0.15) is 0 Å². The second-order valence-electron chi connectivity index (χ2n) is 7.09. The van der Waals surface area contributed by atoms with E-state index in [9.17, 15) is 9.90 Å². The van der Waals surface area contributed by atoms with Crippen molar-refractivity contribution in [1.29, 1.82) is 0 Å². The second-order valence-corrected chi connectivity index (χ2v) is 7.09. The summed E-state index contributed by atoms with van der Waals surface area (Å²) in [6.45, 7) is 0. The molecule has 1 N–H and O–H groups in total. The van der Waals surface area contributed by atoms with Crippen LogP contribution < -0.4 is 0 Å². The van der Waals surface area contributed by atoms with Crippen molar-refractivity contribution in [2.75, 3.05) is 0 Å². The van der Waals surface area contributed by atoms with Crippen molar-refractivity contribution in [3.8, 4) is 0 Å². The van der Waals surface area contributed by atoms with Gasteiger partial charge in [-0.3, -0.25) is 4.79 Å². The lowest BCUT2D eigenvalue weighted by Crippen LogP contribution is -2.51. The molecule has 0 bridgehead atoms. The highest BCUT2D eigenvalue weighted by Gasteiger charge is 2.51. The first kappa shape index (κ1) is 18.1. The van der Waals surface area contributed by atoms with Crippen molar-refractivity contribution in [2.45, 2.75) is 17.4 Å². The number of rotatable bonds is 5. The number of allylic oxidation sites excluding steroid dienone is 2. The van der Waals surface area contributed by atoms with Crippen LogP contribution in [0.1, 0.15) is 23.1 Å². The van der Waals surface area contributed by atoms with Crippen molar-refractivity contribution in [3.63, 3.8) is 0 Å². The van der Waals surface area contributed by atoms with Crippen LogP contribution in [0, 0.1) is 0 Å². The summed E-state index contributed by atoms with van der Waals surface area (Å²) < 4.78 is 0. The van der Waals surface area contributed by atoms with E-state index in [2.05, 4.69) is 0 Å². The minimum Gasteiger partial charge on any atom is -0.378 e.